The third kappa shape index (κ3) is 2.12. The van der Waals surface area contributed by atoms with Crippen LogP contribution in [0.5, 0.6) is 0 Å². The lowest BCUT2D eigenvalue weighted by Gasteiger charge is -2.04. The Balaban J connectivity index is 3.05. The van der Waals surface area contributed by atoms with Gasteiger partial charge in [-0.05, 0) is 6.07 Å². The molecule has 0 aliphatic heterocycles. The number of anilines is 1. The molecule has 3 nitrogen and oxygen atoms in total. The van der Waals surface area contributed by atoms with Crippen molar-refractivity contribution >= 4 is 5.69 Å². The van der Waals surface area contributed by atoms with E-state index < -0.39 is 6.43 Å². The van der Waals surface area contributed by atoms with E-state index in [4.69, 9.17) is 11.0 Å². The molecule has 0 saturated heterocycles. The van der Waals surface area contributed by atoms with Crippen LogP contribution in [-0.4, -0.2) is 4.98 Å². The summed E-state index contributed by atoms with van der Waals surface area (Å²) < 4.78 is 24.5. The first kappa shape index (κ1) is 9.39. The van der Waals surface area contributed by atoms with Gasteiger partial charge in [-0.25, -0.2) is 8.78 Å². The highest BCUT2D eigenvalue weighted by atomic mass is 19.3. The second kappa shape index (κ2) is 3.81. The molecule has 0 radical (unpaired) electrons. The molecule has 0 aliphatic rings. The molecule has 0 unspecified atom stereocenters. The normalized spacial score (nSPS) is 10.0. The van der Waals surface area contributed by atoms with Gasteiger partial charge in [-0.1, -0.05) is 0 Å². The SMILES string of the molecule is N#CCc1cc(C(F)F)c(N)cn1. The minimum Gasteiger partial charge on any atom is -0.397 e. The summed E-state index contributed by atoms with van der Waals surface area (Å²) >= 11 is 0. The van der Waals surface area contributed by atoms with Gasteiger partial charge in [-0.15, -0.1) is 0 Å². The van der Waals surface area contributed by atoms with Crippen molar-refractivity contribution in [3.05, 3.63) is 23.5 Å². The predicted molar refractivity (Wildman–Crippen MR) is 42.9 cm³/mol. The molecule has 0 saturated carbocycles. The van der Waals surface area contributed by atoms with Crippen molar-refractivity contribution in [3.63, 3.8) is 0 Å². The molecule has 0 spiro atoms. The molecule has 0 amide bonds. The van der Waals surface area contributed by atoms with Crippen LogP contribution in [-0.2, 0) is 6.42 Å². The average Bonchev–Trinajstić information content (AvgIpc) is 2.08. The fourth-order valence-electron chi connectivity index (χ4n) is 0.894. The Kier molecular flexibility index (Phi) is 2.75. The number of nitrogens with two attached hydrogens (primary N) is 1. The summed E-state index contributed by atoms with van der Waals surface area (Å²) in [6, 6.07) is 2.98. The maximum Gasteiger partial charge on any atom is 0.265 e. The molecule has 1 aromatic rings. The molecule has 0 atom stereocenters. The van der Waals surface area contributed by atoms with Crippen molar-refractivity contribution < 1.29 is 8.78 Å². The van der Waals surface area contributed by atoms with E-state index in [1.807, 2.05) is 6.07 Å². The fraction of sp³-hybridized carbons (Fsp3) is 0.250. The van der Waals surface area contributed by atoms with Gasteiger partial charge in [0.25, 0.3) is 6.43 Å². The summed E-state index contributed by atoms with van der Waals surface area (Å²) in [5, 5.41) is 8.31. The van der Waals surface area contributed by atoms with Crippen molar-refractivity contribution in [1.82, 2.24) is 4.98 Å². The Bertz CT molecular complexity index is 344. The molecule has 13 heavy (non-hydrogen) atoms. The van der Waals surface area contributed by atoms with Crippen molar-refractivity contribution in [2.24, 2.45) is 0 Å². The highest BCUT2D eigenvalue weighted by Gasteiger charge is 2.12. The largest absolute Gasteiger partial charge is 0.397 e. The first-order valence-electron chi connectivity index (χ1n) is 3.54. The lowest BCUT2D eigenvalue weighted by atomic mass is 10.2. The van der Waals surface area contributed by atoms with Gasteiger partial charge >= 0.3 is 0 Å². The van der Waals surface area contributed by atoms with E-state index in [9.17, 15) is 8.78 Å². The molecule has 2 N–H and O–H groups in total. The van der Waals surface area contributed by atoms with Gasteiger partial charge in [-0.3, -0.25) is 4.98 Å². The molecule has 0 aliphatic carbocycles. The number of nitrogen functional groups attached to an aromatic ring is 1. The highest BCUT2D eigenvalue weighted by molar-refractivity contribution is 5.46. The van der Waals surface area contributed by atoms with Crippen LogP contribution in [0.15, 0.2) is 12.3 Å². The summed E-state index contributed by atoms with van der Waals surface area (Å²) in [4.78, 5) is 3.73. The van der Waals surface area contributed by atoms with E-state index in [0.29, 0.717) is 5.69 Å². The molecule has 1 aromatic heterocycles. The summed E-state index contributed by atoms with van der Waals surface area (Å²) in [6.07, 6.45) is -1.46. The van der Waals surface area contributed by atoms with E-state index in [-0.39, 0.29) is 17.7 Å². The maximum absolute atomic E-state index is 12.3. The third-order valence-electron chi connectivity index (χ3n) is 1.52. The molecule has 68 valence electrons. The van der Waals surface area contributed by atoms with Gasteiger partial charge in [0.1, 0.15) is 0 Å². The lowest BCUT2D eigenvalue weighted by molar-refractivity contribution is 0.152. The Morgan fingerprint density at radius 3 is 2.85 bits per heavy atom. The molecular formula is C8H7F2N3. The Morgan fingerprint density at radius 2 is 2.31 bits per heavy atom. The number of halogens is 2. The molecule has 0 bridgehead atoms. The van der Waals surface area contributed by atoms with Crippen LogP contribution in [0.25, 0.3) is 0 Å². The zero-order valence-electron chi connectivity index (χ0n) is 6.67. The smallest absolute Gasteiger partial charge is 0.265 e. The number of nitriles is 1. The van der Waals surface area contributed by atoms with Crippen LogP contribution >= 0.6 is 0 Å². The Hall–Kier alpha value is -1.70. The third-order valence-corrected chi connectivity index (χ3v) is 1.52. The number of pyridine rings is 1. The predicted octanol–water partition coefficient (Wildman–Crippen LogP) is 1.67. The quantitative estimate of drug-likeness (QED) is 0.758. The second-order valence-electron chi connectivity index (χ2n) is 2.44. The minimum atomic E-state index is -2.62. The molecule has 0 aromatic carbocycles. The van der Waals surface area contributed by atoms with Crippen molar-refractivity contribution in [3.8, 4) is 6.07 Å². The monoisotopic (exact) mass is 183 g/mol. The van der Waals surface area contributed by atoms with Gasteiger partial charge in [0.15, 0.2) is 0 Å². The molecule has 0 fully saturated rings. The van der Waals surface area contributed by atoms with Crippen molar-refractivity contribution in [2.75, 3.05) is 5.73 Å². The van der Waals surface area contributed by atoms with Crippen LogP contribution < -0.4 is 5.73 Å². The highest BCUT2D eigenvalue weighted by Crippen LogP contribution is 2.24. The van der Waals surface area contributed by atoms with Gasteiger partial charge in [-0.2, -0.15) is 5.26 Å². The topological polar surface area (TPSA) is 62.7 Å². The first-order valence-corrected chi connectivity index (χ1v) is 3.54. The summed E-state index contributed by atoms with van der Waals surface area (Å²) in [6.45, 7) is 0. The first-order chi connectivity index (χ1) is 6.15. The maximum atomic E-state index is 12.3. The minimum absolute atomic E-state index is 0.0139. The summed E-state index contributed by atoms with van der Waals surface area (Å²) in [7, 11) is 0. The van der Waals surface area contributed by atoms with Gasteiger partial charge < -0.3 is 5.73 Å². The van der Waals surface area contributed by atoms with E-state index >= 15 is 0 Å². The number of nitrogens with zero attached hydrogens (tertiary/aromatic N) is 2. The molecule has 1 heterocycles. The van der Waals surface area contributed by atoms with Crippen LogP contribution in [0.2, 0.25) is 0 Å². The van der Waals surface area contributed by atoms with E-state index in [1.165, 1.54) is 0 Å². The fourth-order valence-corrected chi connectivity index (χ4v) is 0.894. The van der Waals surface area contributed by atoms with Crippen LogP contribution in [0, 0.1) is 11.3 Å². The van der Waals surface area contributed by atoms with E-state index in [2.05, 4.69) is 4.98 Å². The zero-order valence-corrected chi connectivity index (χ0v) is 6.67. The van der Waals surface area contributed by atoms with Gasteiger partial charge in [0, 0.05) is 5.56 Å². The summed E-state index contributed by atoms with van der Waals surface area (Å²) in [5.41, 5.74) is 5.26. The van der Waals surface area contributed by atoms with Gasteiger partial charge in [0.05, 0.1) is 30.1 Å². The number of alkyl halides is 2. The Labute approximate surface area is 73.8 Å². The van der Waals surface area contributed by atoms with E-state index in [1.54, 1.807) is 0 Å². The molecular weight excluding hydrogens is 176 g/mol. The molecule has 1 rings (SSSR count). The molecule has 5 heteroatoms. The number of aromatic nitrogens is 1. The number of rotatable bonds is 2. The van der Waals surface area contributed by atoms with Crippen molar-refractivity contribution in [1.29, 1.82) is 5.26 Å². The van der Waals surface area contributed by atoms with Crippen molar-refractivity contribution in [2.45, 2.75) is 12.8 Å². The van der Waals surface area contributed by atoms with Crippen LogP contribution in [0.4, 0.5) is 14.5 Å². The zero-order chi connectivity index (χ0) is 9.84. The van der Waals surface area contributed by atoms with Crippen LogP contribution in [0.1, 0.15) is 17.7 Å². The standard InChI is InChI=1S/C8H7F2N3/c9-8(10)6-3-5(1-2-11)13-4-7(6)12/h3-4,8H,1,12H2. The number of hydrogen-bond donors (Lipinski definition) is 1. The summed E-state index contributed by atoms with van der Waals surface area (Å²) in [5.74, 6) is 0. The van der Waals surface area contributed by atoms with E-state index in [0.717, 1.165) is 12.3 Å². The Morgan fingerprint density at radius 1 is 1.62 bits per heavy atom. The van der Waals surface area contributed by atoms with Gasteiger partial charge in [0.2, 0.25) is 0 Å². The van der Waals surface area contributed by atoms with Crippen LogP contribution in [0.3, 0.4) is 0 Å². The average molecular weight is 183 g/mol. The lowest BCUT2D eigenvalue weighted by Crippen LogP contribution is -1.99. The second-order valence-corrected chi connectivity index (χ2v) is 2.44. The number of hydrogen-bond acceptors (Lipinski definition) is 3.